The van der Waals surface area contributed by atoms with Gasteiger partial charge >= 0.3 is 0 Å². The fraction of sp³-hybridized carbons (Fsp3) is 0.364. The number of hydrogen-bond acceptors (Lipinski definition) is 4. The first-order valence-electron chi connectivity index (χ1n) is 4.87. The minimum Gasteiger partial charge on any atom is -0.394 e. The number of para-hydroxylation sites is 1. The molecule has 0 saturated carbocycles. The molecule has 0 fully saturated rings. The molecule has 3 nitrogen and oxygen atoms in total. The van der Waals surface area contributed by atoms with Crippen molar-refractivity contribution in [1.82, 2.24) is 0 Å². The summed E-state index contributed by atoms with van der Waals surface area (Å²) >= 11 is 1.65. The molecule has 0 saturated heterocycles. The van der Waals surface area contributed by atoms with Gasteiger partial charge in [-0.1, -0.05) is 30.0 Å². The molecule has 1 unspecified atom stereocenters. The second-order valence-electron chi connectivity index (χ2n) is 3.85. The van der Waals surface area contributed by atoms with E-state index in [0.717, 1.165) is 16.6 Å². The van der Waals surface area contributed by atoms with E-state index in [0.29, 0.717) is 0 Å². The number of amidine groups is 1. The number of rotatable bonds is 2. The lowest BCUT2D eigenvalue weighted by atomic mass is 10.1. The summed E-state index contributed by atoms with van der Waals surface area (Å²) in [5, 5.41) is 13.3. The smallest absolute Gasteiger partial charge is 0.161 e. The van der Waals surface area contributed by atoms with Gasteiger partial charge in [-0.25, -0.2) is 0 Å². The monoisotopic (exact) mass is 222 g/mol. The molecule has 2 N–H and O–H groups in total. The highest BCUT2D eigenvalue weighted by atomic mass is 32.2. The Balaban J connectivity index is 2.06. The van der Waals surface area contributed by atoms with Crippen LogP contribution >= 0.6 is 11.8 Å². The van der Waals surface area contributed by atoms with Crippen LogP contribution in [-0.4, -0.2) is 28.2 Å². The van der Waals surface area contributed by atoms with Gasteiger partial charge in [0.05, 0.1) is 12.1 Å². The van der Waals surface area contributed by atoms with Gasteiger partial charge in [0.15, 0.2) is 5.17 Å². The van der Waals surface area contributed by atoms with Crippen LogP contribution in [0.2, 0.25) is 0 Å². The van der Waals surface area contributed by atoms with Crippen molar-refractivity contribution in [2.24, 2.45) is 4.99 Å². The Bertz CT molecular complexity index is 366. The van der Waals surface area contributed by atoms with Crippen molar-refractivity contribution in [3.8, 4) is 0 Å². The molecule has 0 aliphatic carbocycles. The van der Waals surface area contributed by atoms with Gasteiger partial charge in [-0.05, 0) is 19.1 Å². The lowest BCUT2D eigenvalue weighted by Gasteiger charge is -2.14. The van der Waals surface area contributed by atoms with E-state index in [-0.39, 0.29) is 12.1 Å². The number of anilines is 1. The van der Waals surface area contributed by atoms with Crippen molar-refractivity contribution in [1.29, 1.82) is 0 Å². The summed E-state index contributed by atoms with van der Waals surface area (Å²) in [6.07, 6.45) is 0. The van der Waals surface area contributed by atoms with Crippen LogP contribution in [0, 0.1) is 0 Å². The molecule has 0 aromatic heterocycles. The van der Waals surface area contributed by atoms with Crippen LogP contribution in [0.3, 0.4) is 0 Å². The van der Waals surface area contributed by atoms with Gasteiger partial charge in [-0.3, -0.25) is 4.99 Å². The van der Waals surface area contributed by atoms with Crippen molar-refractivity contribution in [3.05, 3.63) is 30.3 Å². The Morgan fingerprint density at radius 3 is 2.80 bits per heavy atom. The van der Waals surface area contributed by atoms with Crippen LogP contribution < -0.4 is 5.32 Å². The zero-order valence-corrected chi connectivity index (χ0v) is 9.42. The third-order valence-electron chi connectivity index (χ3n) is 2.26. The first-order chi connectivity index (χ1) is 7.22. The number of aliphatic hydroxyl groups is 1. The largest absolute Gasteiger partial charge is 0.394 e. The maximum absolute atomic E-state index is 9.16. The van der Waals surface area contributed by atoms with Crippen LogP contribution in [0.4, 0.5) is 5.69 Å². The lowest BCUT2D eigenvalue weighted by Crippen LogP contribution is -2.26. The van der Waals surface area contributed by atoms with E-state index >= 15 is 0 Å². The summed E-state index contributed by atoms with van der Waals surface area (Å²) in [5.41, 5.74) is 0.716. The van der Waals surface area contributed by atoms with E-state index in [1.807, 2.05) is 37.3 Å². The zero-order valence-electron chi connectivity index (χ0n) is 8.60. The summed E-state index contributed by atoms with van der Waals surface area (Å²) in [6, 6.07) is 9.93. The number of hydrogen-bond donors (Lipinski definition) is 2. The Morgan fingerprint density at radius 2 is 2.20 bits per heavy atom. The van der Waals surface area contributed by atoms with Gasteiger partial charge in [-0.2, -0.15) is 0 Å². The molecule has 1 aliphatic heterocycles. The maximum Gasteiger partial charge on any atom is 0.161 e. The van der Waals surface area contributed by atoms with Crippen LogP contribution in [0.15, 0.2) is 35.3 Å². The van der Waals surface area contributed by atoms with Gasteiger partial charge in [0, 0.05) is 11.4 Å². The summed E-state index contributed by atoms with van der Waals surface area (Å²) in [4.78, 5) is 4.45. The van der Waals surface area contributed by atoms with E-state index in [1.54, 1.807) is 11.8 Å². The summed E-state index contributed by atoms with van der Waals surface area (Å²) < 4.78 is 0. The molecule has 0 amide bonds. The van der Waals surface area contributed by atoms with Crippen LogP contribution in [0.5, 0.6) is 0 Å². The SMILES string of the molecule is CC1(CO)CSC(Nc2ccccc2)=N1. The molecule has 80 valence electrons. The van der Waals surface area contributed by atoms with E-state index in [4.69, 9.17) is 5.11 Å². The molecule has 1 aromatic rings. The fourth-order valence-electron chi connectivity index (χ4n) is 1.32. The molecule has 0 radical (unpaired) electrons. The molecule has 1 aliphatic rings. The van der Waals surface area contributed by atoms with Crippen molar-refractivity contribution in [3.63, 3.8) is 0 Å². The second-order valence-corrected chi connectivity index (χ2v) is 4.82. The average molecular weight is 222 g/mol. The van der Waals surface area contributed by atoms with Crippen LogP contribution in [0.1, 0.15) is 6.92 Å². The fourth-order valence-corrected chi connectivity index (χ4v) is 2.40. The zero-order chi connectivity index (χ0) is 10.7. The Morgan fingerprint density at radius 1 is 1.47 bits per heavy atom. The topological polar surface area (TPSA) is 44.6 Å². The quantitative estimate of drug-likeness (QED) is 0.804. The third kappa shape index (κ3) is 2.52. The predicted octanol–water partition coefficient (Wildman–Crippen LogP) is 1.95. The highest BCUT2D eigenvalue weighted by molar-refractivity contribution is 8.14. The van der Waals surface area contributed by atoms with E-state index < -0.39 is 0 Å². The van der Waals surface area contributed by atoms with E-state index in [9.17, 15) is 0 Å². The van der Waals surface area contributed by atoms with Crippen molar-refractivity contribution in [2.75, 3.05) is 17.7 Å². The molecule has 1 aromatic carbocycles. The first-order valence-corrected chi connectivity index (χ1v) is 5.86. The standard InChI is InChI=1S/C11H14N2OS/c1-11(7-14)8-15-10(13-11)12-9-5-3-2-4-6-9/h2-6,14H,7-8H2,1H3,(H,12,13). The van der Waals surface area contributed by atoms with Crippen LogP contribution in [-0.2, 0) is 0 Å². The molecule has 15 heavy (non-hydrogen) atoms. The van der Waals surface area contributed by atoms with Gasteiger partial charge in [0.2, 0.25) is 0 Å². The van der Waals surface area contributed by atoms with Gasteiger partial charge < -0.3 is 10.4 Å². The number of thioether (sulfide) groups is 1. The third-order valence-corrected chi connectivity index (χ3v) is 3.49. The Labute approximate surface area is 93.6 Å². The highest BCUT2D eigenvalue weighted by Gasteiger charge is 2.29. The molecule has 0 spiro atoms. The van der Waals surface area contributed by atoms with Gasteiger partial charge in [0.25, 0.3) is 0 Å². The van der Waals surface area contributed by atoms with Gasteiger partial charge in [0.1, 0.15) is 0 Å². The molecule has 0 bridgehead atoms. The predicted molar refractivity (Wildman–Crippen MR) is 65.4 cm³/mol. The molecule has 1 atom stereocenters. The molecule has 2 rings (SSSR count). The molecular weight excluding hydrogens is 208 g/mol. The summed E-state index contributed by atoms with van der Waals surface area (Å²) in [7, 11) is 0. The summed E-state index contributed by atoms with van der Waals surface area (Å²) in [5.74, 6) is 0.832. The molecular formula is C11H14N2OS. The first kappa shape index (κ1) is 10.5. The minimum absolute atomic E-state index is 0.0972. The lowest BCUT2D eigenvalue weighted by molar-refractivity contribution is 0.227. The number of nitrogens with one attached hydrogen (secondary N) is 1. The maximum atomic E-state index is 9.16. The highest BCUT2D eigenvalue weighted by Crippen LogP contribution is 2.27. The molecule has 1 heterocycles. The Hall–Kier alpha value is -1.00. The van der Waals surface area contributed by atoms with Crippen molar-refractivity contribution < 1.29 is 5.11 Å². The van der Waals surface area contributed by atoms with Gasteiger partial charge in [-0.15, -0.1) is 0 Å². The van der Waals surface area contributed by atoms with E-state index in [1.165, 1.54) is 0 Å². The number of benzene rings is 1. The van der Waals surface area contributed by atoms with E-state index in [2.05, 4.69) is 10.3 Å². The number of aliphatic hydroxyl groups excluding tert-OH is 1. The molecule has 4 heteroatoms. The Kier molecular flexibility index (Phi) is 2.98. The minimum atomic E-state index is -0.318. The van der Waals surface area contributed by atoms with Crippen molar-refractivity contribution >= 4 is 22.6 Å². The van der Waals surface area contributed by atoms with Crippen molar-refractivity contribution in [2.45, 2.75) is 12.5 Å². The average Bonchev–Trinajstić information content (AvgIpc) is 2.63. The normalized spacial score (nSPS) is 25.1. The van der Waals surface area contributed by atoms with Crippen LogP contribution in [0.25, 0.3) is 0 Å². The number of aliphatic imine (C=N–C) groups is 1. The number of nitrogens with zero attached hydrogens (tertiary/aromatic N) is 1. The second kappa shape index (κ2) is 4.24. The summed E-state index contributed by atoms with van der Waals surface area (Å²) in [6.45, 7) is 2.06.